The van der Waals surface area contributed by atoms with Gasteiger partial charge in [0.15, 0.2) is 0 Å². The van der Waals surface area contributed by atoms with Crippen LogP contribution >= 0.6 is 0 Å². The molecule has 3 N–H and O–H groups in total. The molecular formula is C11H17N5. The third-order valence-corrected chi connectivity index (χ3v) is 3.06. The van der Waals surface area contributed by atoms with Crippen LogP contribution in [0.5, 0.6) is 0 Å². The molecule has 0 aromatic carbocycles. The number of anilines is 1. The number of hydrogen-bond acceptors (Lipinski definition) is 4. The Bertz CT molecular complexity index is 411. The first-order chi connectivity index (χ1) is 7.58. The molecule has 1 aliphatic carbocycles. The van der Waals surface area contributed by atoms with E-state index < -0.39 is 0 Å². The van der Waals surface area contributed by atoms with E-state index in [1.165, 1.54) is 19.3 Å². The molecule has 0 atom stereocenters. The van der Waals surface area contributed by atoms with Crippen molar-refractivity contribution in [1.29, 1.82) is 5.41 Å². The van der Waals surface area contributed by atoms with Gasteiger partial charge in [0.2, 0.25) is 5.95 Å². The van der Waals surface area contributed by atoms with E-state index in [4.69, 9.17) is 11.1 Å². The number of aromatic nitrogens is 2. The van der Waals surface area contributed by atoms with Gasteiger partial charge in [-0.25, -0.2) is 9.97 Å². The maximum absolute atomic E-state index is 7.40. The van der Waals surface area contributed by atoms with Gasteiger partial charge in [0.1, 0.15) is 11.5 Å². The monoisotopic (exact) mass is 219 g/mol. The number of aryl methyl sites for hydroxylation is 1. The SMILES string of the molecule is Cc1cc(C(=N)N)nc(N(C)C2CCC2)n1. The Morgan fingerprint density at radius 2 is 2.19 bits per heavy atom. The Morgan fingerprint density at radius 1 is 1.50 bits per heavy atom. The van der Waals surface area contributed by atoms with Gasteiger partial charge in [0, 0.05) is 18.8 Å². The van der Waals surface area contributed by atoms with E-state index in [0.717, 1.165) is 5.69 Å². The van der Waals surface area contributed by atoms with Gasteiger partial charge in [-0.3, -0.25) is 5.41 Å². The Balaban J connectivity index is 2.28. The van der Waals surface area contributed by atoms with Crippen LogP contribution in [0.4, 0.5) is 5.95 Å². The number of nitrogen functional groups attached to an aromatic ring is 1. The second kappa shape index (κ2) is 4.08. The lowest BCUT2D eigenvalue weighted by atomic mass is 9.92. The topological polar surface area (TPSA) is 78.9 Å². The number of rotatable bonds is 3. The second-order valence-corrected chi connectivity index (χ2v) is 4.30. The van der Waals surface area contributed by atoms with E-state index >= 15 is 0 Å². The van der Waals surface area contributed by atoms with Gasteiger partial charge in [-0.15, -0.1) is 0 Å². The number of nitrogens with zero attached hydrogens (tertiary/aromatic N) is 3. The maximum atomic E-state index is 7.40. The molecule has 1 aliphatic rings. The van der Waals surface area contributed by atoms with Crippen molar-refractivity contribution in [2.24, 2.45) is 5.73 Å². The molecule has 16 heavy (non-hydrogen) atoms. The minimum Gasteiger partial charge on any atom is -0.382 e. The highest BCUT2D eigenvalue weighted by Gasteiger charge is 2.24. The molecule has 0 spiro atoms. The van der Waals surface area contributed by atoms with E-state index in [9.17, 15) is 0 Å². The second-order valence-electron chi connectivity index (χ2n) is 4.30. The fourth-order valence-corrected chi connectivity index (χ4v) is 1.79. The van der Waals surface area contributed by atoms with Gasteiger partial charge >= 0.3 is 0 Å². The summed E-state index contributed by atoms with van der Waals surface area (Å²) < 4.78 is 0. The predicted octanol–water partition coefficient (Wildman–Crippen LogP) is 1.06. The van der Waals surface area contributed by atoms with Crippen molar-refractivity contribution in [3.63, 3.8) is 0 Å². The van der Waals surface area contributed by atoms with Gasteiger partial charge in [-0.05, 0) is 32.3 Å². The van der Waals surface area contributed by atoms with Gasteiger partial charge in [0.05, 0.1) is 0 Å². The Morgan fingerprint density at radius 3 is 2.69 bits per heavy atom. The van der Waals surface area contributed by atoms with Crippen LogP contribution < -0.4 is 10.6 Å². The molecule has 0 radical (unpaired) electrons. The van der Waals surface area contributed by atoms with Crippen LogP contribution in [0.25, 0.3) is 0 Å². The summed E-state index contributed by atoms with van der Waals surface area (Å²) in [5, 5.41) is 7.40. The molecule has 5 heteroatoms. The summed E-state index contributed by atoms with van der Waals surface area (Å²) in [6.07, 6.45) is 3.67. The summed E-state index contributed by atoms with van der Waals surface area (Å²) >= 11 is 0. The molecule has 2 rings (SSSR count). The maximum Gasteiger partial charge on any atom is 0.226 e. The van der Waals surface area contributed by atoms with Crippen molar-refractivity contribution >= 4 is 11.8 Å². The molecule has 1 fully saturated rings. The van der Waals surface area contributed by atoms with Crippen LogP contribution in [0, 0.1) is 12.3 Å². The molecule has 1 heterocycles. The lowest BCUT2D eigenvalue weighted by Crippen LogP contribution is -2.38. The van der Waals surface area contributed by atoms with Gasteiger partial charge in [0.25, 0.3) is 0 Å². The first kappa shape index (κ1) is 10.9. The average Bonchev–Trinajstić information content (AvgIpc) is 2.13. The van der Waals surface area contributed by atoms with Crippen molar-refractivity contribution in [2.75, 3.05) is 11.9 Å². The highest BCUT2D eigenvalue weighted by Crippen LogP contribution is 2.26. The molecule has 5 nitrogen and oxygen atoms in total. The van der Waals surface area contributed by atoms with Crippen LogP contribution in [0.15, 0.2) is 6.07 Å². The first-order valence-corrected chi connectivity index (χ1v) is 5.51. The summed E-state index contributed by atoms with van der Waals surface area (Å²) in [5.41, 5.74) is 6.81. The fourth-order valence-electron chi connectivity index (χ4n) is 1.79. The van der Waals surface area contributed by atoms with E-state index in [1.807, 2.05) is 14.0 Å². The largest absolute Gasteiger partial charge is 0.382 e. The summed E-state index contributed by atoms with van der Waals surface area (Å²) in [7, 11) is 2.00. The van der Waals surface area contributed by atoms with Gasteiger partial charge in [-0.2, -0.15) is 0 Å². The average molecular weight is 219 g/mol. The molecule has 1 aromatic heterocycles. The van der Waals surface area contributed by atoms with Crippen LogP contribution in [0.2, 0.25) is 0 Å². The Labute approximate surface area is 95.2 Å². The predicted molar refractivity (Wildman–Crippen MR) is 63.8 cm³/mol. The molecule has 86 valence electrons. The molecule has 0 amide bonds. The van der Waals surface area contributed by atoms with Crippen LogP contribution in [0.3, 0.4) is 0 Å². The zero-order chi connectivity index (χ0) is 11.7. The fraction of sp³-hybridized carbons (Fsp3) is 0.545. The third-order valence-electron chi connectivity index (χ3n) is 3.06. The van der Waals surface area contributed by atoms with E-state index in [1.54, 1.807) is 6.07 Å². The Kier molecular flexibility index (Phi) is 2.77. The van der Waals surface area contributed by atoms with Crippen LogP contribution in [0.1, 0.15) is 30.7 Å². The molecule has 0 aliphatic heterocycles. The minimum absolute atomic E-state index is 0.00578. The lowest BCUT2D eigenvalue weighted by Gasteiger charge is -2.34. The van der Waals surface area contributed by atoms with Crippen LogP contribution in [-0.4, -0.2) is 28.9 Å². The standard InChI is InChI=1S/C11H17N5/c1-7-6-9(10(12)13)15-11(14-7)16(2)8-4-3-5-8/h6,8H,3-5H2,1-2H3,(H3,12,13). The lowest BCUT2D eigenvalue weighted by molar-refractivity contribution is 0.397. The number of nitrogens with one attached hydrogen (secondary N) is 1. The highest BCUT2D eigenvalue weighted by atomic mass is 15.3. The van der Waals surface area contributed by atoms with E-state index in [0.29, 0.717) is 17.7 Å². The Hall–Kier alpha value is -1.65. The number of hydrogen-bond donors (Lipinski definition) is 2. The van der Waals surface area contributed by atoms with Gasteiger partial charge < -0.3 is 10.6 Å². The molecular weight excluding hydrogens is 202 g/mol. The molecule has 0 unspecified atom stereocenters. The normalized spacial score (nSPS) is 15.6. The number of amidine groups is 1. The summed E-state index contributed by atoms with van der Waals surface area (Å²) in [4.78, 5) is 10.8. The van der Waals surface area contributed by atoms with Gasteiger partial charge in [-0.1, -0.05) is 0 Å². The highest BCUT2D eigenvalue weighted by molar-refractivity contribution is 5.93. The van der Waals surface area contributed by atoms with Crippen LogP contribution in [-0.2, 0) is 0 Å². The van der Waals surface area contributed by atoms with Crippen molar-refractivity contribution in [3.8, 4) is 0 Å². The molecule has 1 saturated carbocycles. The zero-order valence-corrected chi connectivity index (χ0v) is 9.70. The smallest absolute Gasteiger partial charge is 0.226 e. The summed E-state index contributed by atoms with van der Waals surface area (Å²) in [6, 6.07) is 2.28. The quantitative estimate of drug-likeness (QED) is 0.588. The third kappa shape index (κ3) is 1.98. The summed E-state index contributed by atoms with van der Waals surface area (Å²) in [6.45, 7) is 1.90. The van der Waals surface area contributed by atoms with Crippen molar-refractivity contribution in [2.45, 2.75) is 32.2 Å². The molecule has 0 bridgehead atoms. The summed E-state index contributed by atoms with van der Waals surface area (Å²) in [5.74, 6) is 0.670. The van der Waals surface area contributed by atoms with Crippen molar-refractivity contribution in [3.05, 3.63) is 17.5 Å². The minimum atomic E-state index is -0.00578. The molecule has 1 aromatic rings. The van der Waals surface area contributed by atoms with E-state index in [-0.39, 0.29) is 5.84 Å². The first-order valence-electron chi connectivity index (χ1n) is 5.51. The van der Waals surface area contributed by atoms with Crippen molar-refractivity contribution in [1.82, 2.24) is 9.97 Å². The zero-order valence-electron chi connectivity index (χ0n) is 9.70. The van der Waals surface area contributed by atoms with E-state index in [2.05, 4.69) is 14.9 Å². The molecule has 0 saturated heterocycles. The van der Waals surface area contributed by atoms with Crippen molar-refractivity contribution < 1.29 is 0 Å². The number of nitrogens with two attached hydrogens (primary N) is 1.